The molecule has 1 aromatic rings. The van der Waals surface area contributed by atoms with Crippen molar-refractivity contribution in [2.75, 3.05) is 26.2 Å². The van der Waals surface area contributed by atoms with Gasteiger partial charge in [0, 0.05) is 32.8 Å². The normalized spacial score (nSPS) is 27.6. The van der Waals surface area contributed by atoms with Crippen LogP contribution in [-0.2, 0) is 22.6 Å². The molecule has 2 aliphatic heterocycles. The number of hydrogen-bond acceptors (Lipinski definition) is 4. The first kappa shape index (κ1) is 19.1. The second-order valence-electron chi connectivity index (χ2n) is 7.49. The summed E-state index contributed by atoms with van der Waals surface area (Å²) in [5, 5.41) is 3.15. The lowest BCUT2D eigenvalue weighted by molar-refractivity contribution is -0.0704. The highest BCUT2D eigenvalue weighted by molar-refractivity contribution is 5.77. The zero-order chi connectivity index (χ0) is 18.4. The molecule has 0 saturated carbocycles. The van der Waals surface area contributed by atoms with E-state index in [2.05, 4.69) is 53.3 Å². The van der Waals surface area contributed by atoms with Gasteiger partial charge in [-0.25, -0.2) is 4.99 Å². The number of aliphatic imine (C=N–C) groups is 1. The standard InChI is InChI=1S/C20H32N4O2/c1-15-12-24(13-16(2)26-15)14-18-7-5-17(6-8-18)10-22-20(21)23-11-19-4-3-9-25-19/h5-8,15-16,19H,3-4,9-14H2,1-2H3,(H3,21,22,23). The van der Waals surface area contributed by atoms with Gasteiger partial charge in [-0.05, 0) is 37.8 Å². The van der Waals surface area contributed by atoms with Gasteiger partial charge in [-0.1, -0.05) is 24.3 Å². The molecule has 144 valence electrons. The lowest BCUT2D eigenvalue weighted by Crippen LogP contribution is -2.44. The van der Waals surface area contributed by atoms with Crippen molar-refractivity contribution in [3.63, 3.8) is 0 Å². The van der Waals surface area contributed by atoms with Crippen LogP contribution in [0.25, 0.3) is 0 Å². The minimum Gasteiger partial charge on any atom is -0.376 e. The molecule has 2 heterocycles. The van der Waals surface area contributed by atoms with Crippen molar-refractivity contribution in [3.05, 3.63) is 35.4 Å². The lowest BCUT2D eigenvalue weighted by atomic mass is 10.1. The first-order valence-corrected chi connectivity index (χ1v) is 9.69. The summed E-state index contributed by atoms with van der Waals surface area (Å²) in [6.07, 6.45) is 3.11. The van der Waals surface area contributed by atoms with Crippen LogP contribution in [-0.4, -0.2) is 55.4 Å². The summed E-state index contributed by atoms with van der Waals surface area (Å²) in [5.74, 6) is 0.487. The molecular weight excluding hydrogens is 328 g/mol. The van der Waals surface area contributed by atoms with Crippen LogP contribution in [0.4, 0.5) is 0 Å². The summed E-state index contributed by atoms with van der Waals surface area (Å²) in [4.78, 5) is 6.88. The molecule has 0 aromatic heterocycles. The molecule has 0 radical (unpaired) electrons. The average molecular weight is 361 g/mol. The van der Waals surface area contributed by atoms with E-state index in [9.17, 15) is 0 Å². The van der Waals surface area contributed by atoms with Gasteiger partial charge in [-0.3, -0.25) is 4.90 Å². The van der Waals surface area contributed by atoms with E-state index < -0.39 is 0 Å². The minimum absolute atomic E-state index is 0.272. The number of ether oxygens (including phenoxy) is 2. The third kappa shape index (κ3) is 5.97. The summed E-state index contributed by atoms with van der Waals surface area (Å²) < 4.78 is 11.4. The van der Waals surface area contributed by atoms with E-state index in [0.717, 1.165) is 45.6 Å². The summed E-state index contributed by atoms with van der Waals surface area (Å²) in [6.45, 7) is 9.42. The molecular formula is C20H32N4O2. The second-order valence-corrected chi connectivity index (χ2v) is 7.49. The fourth-order valence-electron chi connectivity index (χ4n) is 3.68. The van der Waals surface area contributed by atoms with Crippen LogP contribution >= 0.6 is 0 Å². The summed E-state index contributed by atoms with van der Waals surface area (Å²) in [5.41, 5.74) is 8.43. The first-order valence-electron chi connectivity index (χ1n) is 9.69. The number of nitrogens with zero attached hydrogens (tertiary/aromatic N) is 2. The fourth-order valence-corrected chi connectivity index (χ4v) is 3.68. The Morgan fingerprint density at radius 2 is 1.88 bits per heavy atom. The predicted molar refractivity (Wildman–Crippen MR) is 104 cm³/mol. The molecule has 1 aromatic carbocycles. The van der Waals surface area contributed by atoms with Gasteiger partial charge in [-0.15, -0.1) is 0 Å². The summed E-state index contributed by atoms with van der Waals surface area (Å²) in [7, 11) is 0. The Bertz CT molecular complexity index is 574. The van der Waals surface area contributed by atoms with Crippen molar-refractivity contribution in [2.45, 2.75) is 58.1 Å². The SMILES string of the molecule is CC1CN(Cc2ccc(CN=C(N)NCC3CCCO3)cc2)CC(C)O1. The molecule has 2 fully saturated rings. The maximum absolute atomic E-state index is 5.94. The monoisotopic (exact) mass is 360 g/mol. The number of benzene rings is 1. The van der Waals surface area contributed by atoms with Gasteiger partial charge in [0.05, 0.1) is 24.9 Å². The highest BCUT2D eigenvalue weighted by atomic mass is 16.5. The Balaban J connectivity index is 1.44. The van der Waals surface area contributed by atoms with Crippen LogP contribution in [0, 0.1) is 0 Å². The lowest BCUT2D eigenvalue weighted by Gasteiger charge is -2.35. The number of guanidine groups is 1. The average Bonchev–Trinajstić information content (AvgIpc) is 3.12. The molecule has 0 amide bonds. The number of morpholine rings is 1. The van der Waals surface area contributed by atoms with E-state index in [1.165, 1.54) is 11.1 Å². The first-order chi connectivity index (χ1) is 12.6. The topological polar surface area (TPSA) is 72.1 Å². The van der Waals surface area contributed by atoms with Gasteiger partial charge in [0.15, 0.2) is 5.96 Å². The van der Waals surface area contributed by atoms with E-state index in [1.54, 1.807) is 0 Å². The van der Waals surface area contributed by atoms with E-state index >= 15 is 0 Å². The molecule has 3 rings (SSSR count). The van der Waals surface area contributed by atoms with Crippen LogP contribution in [0.3, 0.4) is 0 Å². The largest absolute Gasteiger partial charge is 0.376 e. The van der Waals surface area contributed by atoms with E-state index in [0.29, 0.717) is 24.7 Å². The second kappa shape index (κ2) is 9.35. The molecule has 6 heteroatoms. The van der Waals surface area contributed by atoms with Crippen LogP contribution in [0.2, 0.25) is 0 Å². The number of rotatable bonds is 6. The molecule has 6 nitrogen and oxygen atoms in total. The van der Waals surface area contributed by atoms with Crippen molar-refractivity contribution in [1.29, 1.82) is 0 Å². The molecule has 0 aliphatic carbocycles. The Labute approximate surface area is 156 Å². The number of hydrogen-bond donors (Lipinski definition) is 2. The van der Waals surface area contributed by atoms with Crippen LogP contribution in [0.5, 0.6) is 0 Å². The maximum atomic E-state index is 5.94. The van der Waals surface area contributed by atoms with Gasteiger partial charge in [0.2, 0.25) is 0 Å². The van der Waals surface area contributed by atoms with Crippen LogP contribution < -0.4 is 11.1 Å². The smallest absolute Gasteiger partial charge is 0.189 e. The van der Waals surface area contributed by atoms with Crippen LogP contribution in [0.15, 0.2) is 29.3 Å². The fraction of sp³-hybridized carbons (Fsp3) is 0.650. The zero-order valence-electron chi connectivity index (χ0n) is 16.0. The van der Waals surface area contributed by atoms with Gasteiger partial charge < -0.3 is 20.5 Å². The molecule has 2 saturated heterocycles. The molecule has 2 aliphatic rings. The van der Waals surface area contributed by atoms with E-state index in [4.69, 9.17) is 15.2 Å². The Morgan fingerprint density at radius 3 is 2.54 bits per heavy atom. The zero-order valence-corrected chi connectivity index (χ0v) is 16.0. The van der Waals surface area contributed by atoms with Crippen molar-refractivity contribution in [3.8, 4) is 0 Å². The molecule has 26 heavy (non-hydrogen) atoms. The van der Waals surface area contributed by atoms with Crippen LogP contribution in [0.1, 0.15) is 37.8 Å². The predicted octanol–water partition coefficient (Wildman–Crippen LogP) is 1.88. The van der Waals surface area contributed by atoms with Gasteiger partial charge >= 0.3 is 0 Å². The Kier molecular flexibility index (Phi) is 6.88. The van der Waals surface area contributed by atoms with Gasteiger partial charge in [0.1, 0.15) is 0 Å². The highest BCUT2D eigenvalue weighted by Crippen LogP contribution is 2.15. The minimum atomic E-state index is 0.272. The summed E-state index contributed by atoms with van der Waals surface area (Å²) >= 11 is 0. The number of nitrogens with one attached hydrogen (secondary N) is 1. The van der Waals surface area contributed by atoms with Crippen molar-refractivity contribution in [1.82, 2.24) is 10.2 Å². The summed E-state index contributed by atoms with van der Waals surface area (Å²) in [6, 6.07) is 8.65. The Morgan fingerprint density at radius 1 is 1.19 bits per heavy atom. The third-order valence-electron chi connectivity index (χ3n) is 4.89. The Hall–Kier alpha value is -1.63. The third-order valence-corrected chi connectivity index (χ3v) is 4.89. The molecule has 0 spiro atoms. The molecule has 3 unspecified atom stereocenters. The van der Waals surface area contributed by atoms with Gasteiger partial charge in [0.25, 0.3) is 0 Å². The van der Waals surface area contributed by atoms with Gasteiger partial charge in [-0.2, -0.15) is 0 Å². The highest BCUT2D eigenvalue weighted by Gasteiger charge is 2.21. The van der Waals surface area contributed by atoms with E-state index in [-0.39, 0.29) is 6.10 Å². The molecule has 3 N–H and O–H groups in total. The van der Waals surface area contributed by atoms with Crippen molar-refractivity contribution < 1.29 is 9.47 Å². The molecule has 0 bridgehead atoms. The maximum Gasteiger partial charge on any atom is 0.189 e. The molecule has 3 atom stereocenters. The number of nitrogens with two attached hydrogens (primary N) is 1. The van der Waals surface area contributed by atoms with Crippen molar-refractivity contribution >= 4 is 5.96 Å². The van der Waals surface area contributed by atoms with E-state index in [1.807, 2.05) is 0 Å². The van der Waals surface area contributed by atoms with Crippen molar-refractivity contribution in [2.24, 2.45) is 10.7 Å². The quantitative estimate of drug-likeness (QED) is 0.599.